The molecule has 0 bridgehead atoms. The Balaban J connectivity index is 1.97. The van der Waals surface area contributed by atoms with Gasteiger partial charge in [-0.3, -0.25) is 0 Å². The van der Waals surface area contributed by atoms with Crippen LogP contribution in [0.1, 0.15) is 18.9 Å². The third-order valence-electron chi connectivity index (χ3n) is 3.19. The highest BCUT2D eigenvalue weighted by Crippen LogP contribution is 2.16. The molecule has 0 aliphatic rings. The Hall–Kier alpha value is -1.85. The van der Waals surface area contributed by atoms with Crippen molar-refractivity contribution in [3.8, 4) is 5.75 Å². The van der Waals surface area contributed by atoms with E-state index in [0.29, 0.717) is 6.42 Å². The molecule has 0 heterocycles. The predicted octanol–water partition coefficient (Wildman–Crippen LogP) is 2.69. The molecule has 2 N–H and O–H groups in total. The zero-order chi connectivity index (χ0) is 15.3. The van der Waals surface area contributed by atoms with Crippen molar-refractivity contribution in [3.05, 3.63) is 60.2 Å². The Morgan fingerprint density at radius 3 is 2.48 bits per heavy atom. The van der Waals surface area contributed by atoms with Crippen molar-refractivity contribution in [2.24, 2.45) is 0 Å². The Morgan fingerprint density at radius 1 is 1.10 bits per heavy atom. The van der Waals surface area contributed by atoms with Crippen LogP contribution in [-0.2, 0) is 16.4 Å². The van der Waals surface area contributed by atoms with Gasteiger partial charge in [0.1, 0.15) is 5.75 Å². The van der Waals surface area contributed by atoms with Gasteiger partial charge >= 0.3 is 0 Å². The van der Waals surface area contributed by atoms with Gasteiger partial charge in [-0.05, 0) is 43.5 Å². The molecule has 1 atom stereocenters. The van der Waals surface area contributed by atoms with Crippen LogP contribution >= 0.6 is 0 Å². The molecule has 5 heteroatoms. The fourth-order valence-electron chi connectivity index (χ4n) is 2.07. The molecule has 0 saturated carbocycles. The van der Waals surface area contributed by atoms with E-state index >= 15 is 0 Å². The molecular weight excluding hydrogens is 286 g/mol. The van der Waals surface area contributed by atoms with E-state index in [0.717, 1.165) is 6.42 Å². The minimum atomic E-state index is -3.60. The number of hydrogen-bond donors (Lipinski definition) is 2. The van der Waals surface area contributed by atoms with Crippen molar-refractivity contribution in [2.75, 3.05) is 0 Å². The smallest absolute Gasteiger partial charge is 0.240 e. The van der Waals surface area contributed by atoms with Crippen LogP contribution in [-0.4, -0.2) is 19.6 Å². The van der Waals surface area contributed by atoms with Gasteiger partial charge in [0, 0.05) is 6.04 Å². The van der Waals surface area contributed by atoms with Crippen LogP contribution in [0, 0.1) is 0 Å². The number of aromatic hydroxyl groups is 1. The Bertz CT molecular complexity index is 684. The second-order valence-corrected chi connectivity index (χ2v) is 6.76. The minimum absolute atomic E-state index is 0.0604. The van der Waals surface area contributed by atoms with Crippen LogP contribution in [0.5, 0.6) is 5.75 Å². The molecule has 112 valence electrons. The van der Waals surface area contributed by atoms with E-state index in [1.807, 2.05) is 37.3 Å². The summed E-state index contributed by atoms with van der Waals surface area (Å²) in [7, 11) is -3.60. The van der Waals surface area contributed by atoms with Crippen molar-refractivity contribution in [2.45, 2.75) is 30.7 Å². The van der Waals surface area contributed by atoms with Gasteiger partial charge in [-0.25, -0.2) is 13.1 Å². The van der Waals surface area contributed by atoms with Gasteiger partial charge in [0.2, 0.25) is 10.0 Å². The van der Waals surface area contributed by atoms with Gasteiger partial charge in [-0.2, -0.15) is 0 Å². The third-order valence-corrected chi connectivity index (χ3v) is 4.78. The zero-order valence-electron chi connectivity index (χ0n) is 11.9. The molecular formula is C16H19NO3S. The number of rotatable bonds is 6. The number of aryl methyl sites for hydroxylation is 1. The SMILES string of the molecule is CC(CCc1ccccc1)NS(=O)(=O)c1cccc(O)c1. The molecule has 0 saturated heterocycles. The summed E-state index contributed by atoms with van der Waals surface area (Å²) >= 11 is 0. The first-order valence-electron chi connectivity index (χ1n) is 6.83. The molecule has 1 unspecified atom stereocenters. The highest BCUT2D eigenvalue weighted by molar-refractivity contribution is 7.89. The summed E-state index contributed by atoms with van der Waals surface area (Å²) < 4.78 is 27.0. The van der Waals surface area contributed by atoms with Gasteiger partial charge < -0.3 is 5.11 Å². The van der Waals surface area contributed by atoms with E-state index in [-0.39, 0.29) is 16.7 Å². The summed E-state index contributed by atoms with van der Waals surface area (Å²) in [6.07, 6.45) is 1.52. The molecule has 0 aliphatic heterocycles. The lowest BCUT2D eigenvalue weighted by Gasteiger charge is -2.14. The van der Waals surface area contributed by atoms with Gasteiger partial charge in [0.15, 0.2) is 0 Å². The predicted molar refractivity (Wildman–Crippen MR) is 82.7 cm³/mol. The number of phenolic OH excluding ortho intramolecular Hbond substituents is 1. The van der Waals surface area contributed by atoms with E-state index in [1.165, 1.54) is 29.8 Å². The fourth-order valence-corrected chi connectivity index (χ4v) is 3.39. The van der Waals surface area contributed by atoms with Crippen LogP contribution in [0.2, 0.25) is 0 Å². The van der Waals surface area contributed by atoms with Crippen molar-refractivity contribution in [1.29, 1.82) is 0 Å². The molecule has 2 aromatic rings. The van der Waals surface area contributed by atoms with Crippen LogP contribution in [0.25, 0.3) is 0 Å². The summed E-state index contributed by atoms with van der Waals surface area (Å²) in [5.41, 5.74) is 1.18. The van der Waals surface area contributed by atoms with E-state index in [4.69, 9.17) is 0 Å². The highest BCUT2D eigenvalue weighted by atomic mass is 32.2. The summed E-state index contributed by atoms with van der Waals surface area (Å²) in [6, 6.07) is 15.4. The monoisotopic (exact) mass is 305 g/mol. The zero-order valence-corrected chi connectivity index (χ0v) is 12.7. The first-order valence-corrected chi connectivity index (χ1v) is 8.31. The topological polar surface area (TPSA) is 66.4 Å². The van der Waals surface area contributed by atoms with Crippen molar-refractivity contribution >= 4 is 10.0 Å². The van der Waals surface area contributed by atoms with Crippen LogP contribution < -0.4 is 4.72 Å². The molecule has 21 heavy (non-hydrogen) atoms. The second kappa shape index (κ2) is 6.74. The van der Waals surface area contributed by atoms with E-state index in [1.54, 1.807) is 0 Å². The van der Waals surface area contributed by atoms with Crippen molar-refractivity contribution in [1.82, 2.24) is 4.72 Å². The molecule has 0 spiro atoms. The van der Waals surface area contributed by atoms with E-state index in [2.05, 4.69) is 4.72 Å². The minimum Gasteiger partial charge on any atom is -0.508 e. The third kappa shape index (κ3) is 4.58. The maximum absolute atomic E-state index is 12.2. The lowest BCUT2D eigenvalue weighted by Crippen LogP contribution is -2.32. The number of sulfonamides is 1. The Labute approximate surface area is 125 Å². The highest BCUT2D eigenvalue weighted by Gasteiger charge is 2.17. The van der Waals surface area contributed by atoms with Crippen molar-refractivity contribution in [3.63, 3.8) is 0 Å². The van der Waals surface area contributed by atoms with E-state index < -0.39 is 10.0 Å². The van der Waals surface area contributed by atoms with Gasteiger partial charge in [0.05, 0.1) is 4.90 Å². The molecule has 0 amide bonds. The second-order valence-electron chi connectivity index (χ2n) is 5.04. The van der Waals surface area contributed by atoms with Crippen LogP contribution in [0.15, 0.2) is 59.5 Å². The van der Waals surface area contributed by atoms with Crippen LogP contribution in [0.4, 0.5) is 0 Å². The molecule has 0 radical (unpaired) electrons. The van der Waals surface area contributed by atoms with Gasteiger partial charge in [-0.1, -0.05) is 36.4 Å². The van der Waals surface area contributed by atoms with Gasteiger partial charge in [0.25, 0.3) is 0 Å². The van der Waals surface area contributed by atoms with Crippen molar-refractivity contribution < 1.29 is 13.5 Å². The molecule has 0 fully saturated rings. The lowest BCUT2D eigenvalue weighted by atomic mass is 10.1. The average molecular weight is 305 g/mol. The largest absolute Gasteiger partial charge is 0.508 e. The molecule has 0 aromatic heterocycles. The molecule has 2 aromatic carbocycles. The average Bonchev–Trinajstić information content (AvgIpc) is 2.46. The first-order chi connectivity index (χ1) is 9.97. The number of benzene rings is 2. The lowest BCUT2D eigenvalue weighted by molar-refractivity contribution is 0.472. The molecule has 0 aliphatic carbocycles. The maximum atomic E-state index is 12.2. The normalized spacial score (nSPS) is 13.0. The number of phenols is 1. The summed E-state index contributed by atoms with van der Waals surface area (Å²) in [5, 5.41) is 9.37. The summed E-state index contributed by atoms with van der Waals surface area (Å²) in [6.45, 7) is 1.84. The first kappa shape index (κ1) is 15.5. The number of hydrogen-bond acceptors (Lipinski definition) is 3. The Morgan fingerprint density at radius 2 is 1.81 bits per heavy atom. The summed E-state index contributed by atoms with van der Waals surface area (Å²) in [4.78, 5) is 0.0778. The van der Waals surface area contributed by atoms with Gasteiger partial charge in [-0.15, -0.1) is 0 Å². The summed E-state index contributed by atoms with van der Waals surface area (Å²) in [5.74, 6) is -0.0604. The van der Waals surface area contributed by atoms with E-state index in [9.17, 15) is 13.5 Å². The Kier molecular flexibility index (Phi) is 4.98. The quantitative estimate of drug-likeness (QED) is 0.862. The standard InChI is InChI=1S/C16H19NO3S/c1-13(10-11-14-6-3-2-4-7-14)17-21(19,20)16-9-5-8-15(18)12-16/h2-9,12-13,17-18H,10-11H2,1H3. The molecule has 2 rings (SSSR count). The maximum Gasteiger partial charge on any atom is 0.240 e. The fraction of sp³-hybridized carbons (Fsp3) is 0.250. The van der Waals surface area contributed by atoms with Crippen LogP contribution in [0.3, 0.4) is 0 Å². The molecule has 4 nitrogen and oxygen atoms in total. The number of nitrogens with one attached hydrogen (secondary N) is 1.